The Hall–Kier alpha value is -2.95. The van der Waals surface area contributed by atoms with Crippen molar-refractivity contribution in [2.75, 3.05) is 6.16 Å². The van der Waals surface area contributed by atoms with Gasteiger partial charge in [0.25, 0.3) is 0 Å². The summed E-state index contributed by atoms with van der Waals surface area (Å²) >= 11 is 0. The number of hydrogen-bond donors (Lipinski definition) is 0. The van der Waals surface area contributed by atoms with E-state index in [0.717, 1.165) is 15.9 Å². The van der Waals surface area contributed by atoms with E-state index >= 15 is 0 Å². The number of hydrogen-bond acceptors (Lipinski definition) is 2. The smallest absolute Gasteiger partial charge is 0.573 e. The SMILES string of the molecule is O=C(C[P+](c1ccccc1)(c1ccccc1)c1ccccc1)c1ccc(OC(F)(F)F)cc1.[Br-]. The number of benzene rings is 4. The van der Waals surface area contributed by atoms with E-state index in [2.05, 4.69) is 4.74 Å². The van der Waals surface area contributed by atoms with Crippen molar-refractivity contribution >= 4 is 29.0 Å². The van der Waals surface area contributed by atoms with Crippen molar-refractivity contribution in [1.82, 2.24) is 0 Å². The molecular formula is C27H21BrF3O2P. The molecule has 0 atom stereocenters. The Bertz CT molecular complexity index is 1100. The molecule has 0 amide bonds. The fourth-order valence-electron chi connectivity index (χ4n) is 3.92. The molecule has 0 radical (unpaired) electrons. The predicted octanol–water partition coefficient (Wildman–Crippen LogP) is 2.77. The van der Waals surface area contributed by atoms with Gasteiger partial charge in [-0.1, -0.05) is 54.6 Å². The Morgan fingerprint density at radius 2 is 1.03 bits per heavy atom. The van der Waals surface area contributed by atoms with E-state index in [1.807, 2.05) is 91.0 Å². The topological polar surface area (TPSA) is 26.3 Å². The quantitative estimate of drug-likeness (QED) is 0.264. The van der Waals surface area contributed by atoms with Crippen LogP contribution in [-0.2, 0) is 0 Å². The number of rotatable bonds is 7. The first-order valence-electron chi connectivity index (χ1n) is 10.3. The van der Waals surface area contributed by atoms with E-state index in [1.54, 1.807) is 0 Å². The number of ether oxygens (including phenoxy) is 1. The summed E-state index contributed by atoms with van der Waals surface area (Å²) in [4.78, 5) is 13.5. The number of ketones is 1. The summed E-state index contributed by atoms with van der Waals surface area (Å²) in [5.74, 6) is -0.493. The summed E-state index contributed by atoms with van der Waals surface area (Å²) in [7, 11) is -2.38. The first-order valence-corrected chi connectivity index (χ1v) is 12.3. The molecule has 0 N–H and O–H groups in total. The van der Waals surface area contributed by atoms with Gasteiger partial charge in [0.2, 0.25) is 5.78 Å². The Balaban J connectivity index is 0.00000324. The Kier molecular flexibility index (Phi) is 8.29. The van der Waals surface area contributed by atoms with Crippen LogP contribution < -0.4 is 37.6 Å². The second kappa shape index (κ2) is 11.0. The van der Waals surface area contributed by atoms with Crippen LogP contribution in [0.4, 0.5) is 13.2 Å². The summed E-state index contributed by atoms with van der Waals surface area (Å²) in [6, 6.07) is 35.0. The van der Waals surface area contributed by atoms with Crippen LogP contribution >= 0.6 is 7.26 Å². The molecule has 0 saturated heterocycles. The van der Waals surface area contributed by atoms with Crippen LogP contribution in [0.15, 0.2) is 115 Å². The van der Waals surface area contributed by atoms with Crippen molar-refractivity contribution < 1.29 is 39.7 Å². The largest absolute Gasteiger partial charge is 1.00 e. The summed E-state index contributed by atoms with van der Waals surface area (Å²) in [5.41, 5.74) is 0.344. The molecule has 0 unspecified atom stereocenters. The van der Waals surface area contributed by atoms with Gasteiger partial charge in [0, 0.05) is 5.56 Å². The molecule has 0 aromatic heterocycles. The van der Waals surface area contributed by atoms with E-state index in [4.69, 9.17) is 0 Å². The third kappa shape index (κ3) is 5.75. The van der Waals surface area contributed by atoms with Gasteiger partial charge < -0.3 is 21.7 Å². The van der Waals surface area contributed by atoms with Gasteiger partial charge in [-0.25, -0.2) is 0 Å². The van der Waals surface area contributed by atoms with Gasteiger partial charge in [-0.15, -0.1) is 13.2 Å². The number of carbonyl (C=O) groups excluding carboxylic acids is 1. The van der Waals surface area contributed by atoms with Crippen LogP contribution in [0.1, 0.15) is 10.4 Å². The average Bonchev–Trinajstić information content (AvgIpc) is 2.83. The molecule has 4 aromatic carbocycles. The lowest BCUT2D eigenvalue weighted by Gasteiger charge is -2.27. The fourth-order valence-corrected chi connectivity index (χ4v) is 8.02. The Labute approximate surface area is 207 Å². The van der Waals surface area contributed by atoms with Crippen LogP contribution in [0.25, 0.3) is 0 Å². The standard InChI is InChI=1S/C27H21F3O2P.BrH/c28-27(29,30)32-22-18-16-21(17-19-22)26(31)20-33(23-10-4-1-5-11-23,24-12-6-2-7-13-24)25-14-8-3-9-15-25;/h1-19H,20H2;1H/q+1;/p-1. The van der Waals surface area contributed by atoms with Crippen LogP contribution in [0.5, 0.6) is 5.75 Å². The molecule has 0 aliphatic rings. The molecule has 0 heterocycles. The van der Waals surface area contributed by atoms with Crippen molar-refractivity contribution in [3.8, 4) is 5.75 Å². The highest BCUT2D eigenvalue weighted by molar-refractivity contribution is 7.96. The molecule has 7 heteroatoms. The molecule has 0 spiro atoms. The predicted molar refractivity (Wildman–Crippen MR) is 127 cm³/mol. The minimum atomic E-state index is -4.78. The van der Waals surface area contributed by atoms with Crippen molar-refractivity contribution in [2.24, 2.45) is 0 Å². The number of halogens is 4. The van der Waals surface area contributed by atoms with E-state index in [0.29, 0.717) is 5.56 Å². The number of carbonyl (C=O) groups is 1. The first-order chi connectivity index (χ1) is 15.9. The van der Waals surface area contributed by atoms with Gasteiger partial charge in [-0.05, 0) is 60.7 Å². The Morgan fingerprint density at radius 1 is 0.647 bits per heavy atom. The lowest BCUT2D eigenvalue weighted by atomic mass is 10.1. The zero-order valence-electron chi connectivity index (χ0n) is 18.0. The van der Waals surface area contributed by atoms with Crippen LogP contribution in [0.3, 0.4) is 0 Å². The average molecular weight is 545 g/mol. The summed E-state index contributed by atoms with van der Waals surface area (Å²) in [6.45, 7) is 0. The minimum Gasteiger partial charge on any atom is -1.00 e. The third-order valence-corrected chi connectivity index (χ3v) is 9.68. The van der Waals surface area contributed by atoms with Crippen molar-refractivity contribution in [1.29, 1.82) is 0 Å². The third-order valence-electron chi connectivity index (χ3n) is 5.38. The highest BCUT2D eigenvalue weighted by Crippen LogP contribution is 2.55. The molecule has 0 fully saturated rings. The number of Topliss-reactive ketones (excluding diaryl/α,β-unsaturated/α-hetero) is 1. The molecule has 2 nitrogen and oxygen atoms in total. The zero-order chi connectivity index (χ0) is 23.3. The minimum absolute atomic E-state index is 0. The van der Waals surface area contributed by atoms with Crippen LogP contribution in [0.2, 0.25) is 0 Å². The zero-order valence-corrected chi connectivity index (χ0v) is 20.4. The first kappa shape index (κ1) is 25.7. The lowest BCUT2D eigenvalue weighted by Crippen LogP contribution is -3.00. The van der Waals surface area contributed by atoms with E-state index in [9.17, 15) is 18.0 Å². The molecular weight excluding hydrogens is 524 g/mol. The summed E-state index contributed by atoms with van der Waals surface area (Å²) < 4.78 is 41.4. The fraction of sp³-hybridized carbons (Fsp3) is 0.0741. The highest BCUT2D eigenvalue weighted by Gasteiger charge is 2.47. The van der Waals surface area contributed by atoms with Crippen LogP contribution in [-0.4, -0.2) is 18.3 Å². The maximum Gasteiger partial charge on any atom is 0.573 e. The molecule has 0 bridgehead atoms. The van der Waals surface area contributed by atoms with E-state index in [1.165, 1.54) is 24.3 Å². The molecule has 4 aromatic rings. The molecule has 34 heavy (non-hydrogen) atoms. The summed E-state index contributed by atoms with van der Waals surface area (Å²) in [5, 5.41) is 3.19. The maximum absolute atomic E-state index is 13.5. The lowest BCUT2D eigenvalue weighted by molar-refractivity contribution is -0.274. The Morgan fingerprint density at radius 3 is 1.38 bits per heavy atom. The number of alkyl halides is 3. The molecule has 0 saturated carbocycles. The van der Waals surface area contributed by atoms with Crippen molar-refractivity contribution in [2.45, 2.75) is 6.36 Å². The van der Waals surface area contributed by atoms with Gasteiger partial charge >= 0.3 is 6.36 Å². The second-order valence-electron chi connectivity index (χ2n) is 7.47. The monoisotopic (exact) mass is 544 g/mol. The van der Waals surface area contributed by atoms with Gasteiger partial charge in [0.1, 0.15) is 35.1 Å². The molecule has 0 aliphatic heterocycles. The maximum atomic E-state index is 13.5. The van der Waals surface area contributed by atoms with E-state index in [-0.39, 0.29) is 34.7 Å². The normalized spacial score (nSPS) is 11.4. The second-order valence-corrected chi connectivity index (χ2v) is 11.0. The molecule has 0 aliphatic carbocycles. The summed E-state index contributed by atoms with van der Waals surface area (Å²) in [6.07, 6.45) is -4.56. The van der Waals surface area contributed by atoms with Crippen molar-refractivity contribution in [3.63, 3.8) is 0 Å². The molecule has 4 rings (SSSR count). The molecule has 174 valence electrons. The highest BCUT2D eigenvalue weighted by atomic mass is 79.9. The van der Waals surface area contributed by atoms with Crippen molar-refractivity contribution in [3.05, 3.63) is 121 Å². The van der Waals surface area contributed by atoms with Gasteiger partial charge in [-0.3, -0.25) is 4.79 Å². The van der Waals surface area contributed by atoms with E-state index < -0.39 is 13.6 Å². The van der Waals surface area contributed by atoms with Crippen LogP contribution in [0, 0.1) is 0 Å². The van der Waals surface area contributed by atoms with Gasteiger partial charge in [0.05, 0.1) is 0 Å². The van der Waals surface area contributed by atoms with Gasteiger partial charge in [-0.2, -0.15) is 0 Å². The van der Waals surface area contributed by atoms with Gasteiger partial charge in [0.15, 0.2) is 0 Å².